The van der Waals surface area contributed by atoms with Gasteiger partial charge in [0.25, 0.3) is 5.91 Å². The van der Waals surface area contributed by atoms with Gasteiger partial charge in [-0.1, -0.05) is 18.2 Å². The number of aryl methyl sites for hydroxylation is 2. The summed E-state index contributed by atoms with van der Waals surface area (Å²) in [5.74, 6) is -0.0678. The van der Waals surface area contributed by atoms with Crippen LogP contribution in [0.15, 0.2) is 42.5 Å². The van der Waals surface area contributed by atoms with Crippen molar-refractivity contribution in [1.29, 1.82) is 0 Å². The Balaban J connectivity index is 1.94. The minimum Gasteiger partial charge on any atom is -0.484 e. The third-order valence-corrected chi connectivity index (χ3v) is 2.83. The van der Waals surface area contributed by atoms with Crippen LogP contribution in [0, 0.1) is 19.7 Å². The SMILES string of the molecule is Cc1cccc(OCC(=O)Nc2cc(F)ccc2C)c1. The van der Waals surface area contributed by atoms with Crippen LogP contribution in [0.4, 0.5) is 10.1 Å². The maximum Gasteiger partial charge on any atom is 0.262 e. The highest BCUT2D eigenvalue weighted by Gasteiger charge is 2.07. The number of amides is 1. The highest BCUT2D eigenvalue weighted by Crippen LogP contribution is 2.16. The van der Waals surface area contributed by atoms with Gasteiger partial charge in [0.2, 0.25) is 0 Å². The second-order valence-corrected chi connectivity index (χ2v) is 4.61. The number of halogens is 1. The fourth-order valence-electron chi connectivity index (χ4n) is 1.77. The molecule has 4 heteroatoms. The van der Waals surface area contributed by atoms with Crippen LogP contribution in [0.2, 0.25) is 0 Å². The standard InChI is InChI=1S/C16H16FNO2/c1-11-4-3-5-14(8-11)20-10-16(19)18-15-9-13(17)7-6-12(15)2/h3-9H,10H2,1-2H3,(H,18,19). The van der Waals surface area contributed by atoms with Gasteiger partial charge in [-0.05, 0) is 49.2 Å². The van der Waals surface area contributed by atoms with Gasteiger partial charge in [0.15, 0.2) is 6.61 Å². The van der Waals surface area contributed by atoms with E-state index in [0.717, 1.165) is 11.1 Å². The first-order valence-electron chi connectivity index (χ1n) is 6.30. The van der Waals surface area contributed by atoms with Gasteiger partial charge in [0.05, 0.1) is 0 Å². The third-order valence-electron chi connectivity index (χ3n) is 2.83. The second-order valence-electron chi connectivity index (χ2n) is 4.61. The van der Waals surface area contributed by atoms with Crippen LogP contribution in [-0.2, 0) is 4.79 Å². The van der Waals surface area contributed by atoms with Gasteiger partial charge in [0.1, 0.15) is 11.6 Å². The van der Waals surface area contributed by atoms with Crippen LogP contribution in [0.3, 0.4) is 0 Å². The van der Waals surface area contributed by atoms with Gasteiger partial charge in [0, 0.05) is 5.69 Å². The third kappa shape index (κ3) is 3.82. The molecule has 2 rings (SSSR count). The summed E-state index contributed by atoms with van der Waals surface area (Å²) >= 11 is 0. The van der Waals surface area contributed by atoms with Crippen LogP contribution >= 0.6 is 0 Å². The Hall–Kier alpha value is -2.36. The smallest absolute Gasteiger partial charge is 0.262 e. The minimum absolute atomic E-state index is 0.112. The Bertz CT molecular complexity index is 626. The molecule has 0 radical (unpaired) electrons. The topological polar surface area (TPSA) is 38.3 Å². The summed E-state index contributed by atoms with van der Waals surface area (Å²) in [5.41, 5.74) is 2.32. The van der Waals surface area contributed by atoms with Gasteiger partial charge in [-0.3, -0.25) is 4.79 Å². The summed E-state index contributed by atoms with van der Waals surface area (Å²) < 4.78 is 18.5. The zero-order valence-electron chi connectivity index (χ0n) is 11.4. The van der Waals surface area contributed by atoms with Gasteiger partial charge in [-0.2, -0.15) is 0 Å². The number of hydrogen-bond acceptors (Lipinski definition) is 2. The predicted molar refractivity (Wildman–Crippen MR) is 76.4 cm³/mol. The fourth-order valence-corrected chi connectivity index (χ4v) is 1.77. The van der Waals surface area contributed by atoms with E-state index in [0.29, 0.717) is 11.4 Å². The van der Waals surface area contributed by atoms with Crippen molar-refractivity contribution < 1.29 is 13.9 Å². The molecule has 0 heterocycles. The van der Waals surface area contributed by atoms with Crippen molar-refractivity contribution in [2.75, 3.05) is 11.9 Å². The van der Waals surface area contributed by atoms with Crippen LogP contribution in [-0.4, -0.2) is 12.5 Å². The van der Waals surface area contributed by atoms with E-state index in [1.165, 1.54) is 12.1 Å². The number of hydrogen-bond donors (Lipinski definition) is 1. The molecule has 0 aliphatic rings. The Labute approximate surface area is 117 Å². The van der Waals surface area contributed by atoms with E-state index >= 15 is 0 Å². The number of nitrogens with one attached hydrogen (secondary N) is 1. The molecule has 1 amide bonds. The molecule has 20 heavy (non-hydrogen) atoms. The van der Waals surface area contributed by atoms with E-state index < -0.39 is 0 Å². The lowest BCUT2D eigenvalue weighted by Gasteiger charge is -2.10. The van der Waals surface area contributed by atoms with Crippen LogP contribution in [0.5, 0.6) is 5.75 Å². The van der Waals surface area contributed by atoms with Crippen LogP contribution in [0.1, 0.15) is 11.1 Å². The lowest BCUT2D eigenvalue weighted by atomic mass is 10.2. The normalized spacial score (nSPS) is 10.2. The quantitative estimate of drug-likeness (QED) is 0.926. The first-order valence-corrected chi connectivity index (χ1v) is 6.30. The minimum atomic E-state index is -0.384. The molecule has 0 aromatic heterocycles. The molecule has 0 bridgehead atoms. The molecule has 0 spiro atoms. The summed E-state index contributed by atoms with van der Waals surface area (Å²) in [6, 6.07) is 11.7. The van der Waals surface area contributed by atoms with Crippen molar-refractivity contribution in [3.63, 3.8) is 0 Å². The lowest BCUT2D eigenvalue weighted by molar-refractivity contribution is -0.118. The number of ether oxygens (including phenoxy) is 1. The number of anilines is 1. The van der Waals surface area contributed by atoms with Crippen molar-refractivity contribution in [2.45, 2.75) is 13.8 Å². The van der Waals surface area contributed by atoms with E-state index in [1.807, 2.05) is 25.1 Å². The van der Waals surface area contributed by atoms with Crippen molar-refractivity contribution >= 4 is 11.6 Å². The Kier molecular flexibility index (Phi) is 4.35. The number of benzene rings is 2. The second kappa shape index (κ2) is 6.19. The molecule has 0 unspecified atom stereocenters. The predicted octanol–water partition coefficient (Wildman–Crippen LogP) is 3.46. The summed E-state index contributed by atoms with van der Waals surface area (Å²) in [6.07, 6.45) is 0. The Morgan fingerprint density at radius 3 is 2.75 bits per heavy atom. The van der Waals surface area contributed by atoms with Gasteiger partial charge >= 0.3 is 0 Å². The van der Waals surface area contributed by atoms with E-state index in [2.05, 4.69) is 5.32 Å². The van der Waals surface area contributed by atoms with Crippen molar-refractivity contribution in [3.8, 4) is 5.75 Å². The van der Waals surface area contributed by atoms with Gasteiger partial charge in [-0.25, -0.2) is 4.39 Å². The summed E-state index contributed by atoms with van der Waals surface area (Å²) in [7, 11) is 0. The fraction of sp³-hybridized carbons (Fsp3) is 0.188. The molecule has 0 atom stereocenters. The largest absolute Gasteiger partial charge is 0.484 e. The van der Waals surface area contributed by atoms with E-state index in [4.69, 9.17) is 4.74 Å². The molecule has 0 aliphatic heterocycles. The highest BCUT2D eigenvalue weighted by molar-refractivity contribution is 5.92. The molecule has 2 aromatic rings. The molecule has 104 valence electrons. The zero-order chi connectivity index (χ0) is 14.5. The Morgan fingerprint density at radius 2 is 2.00 bits per heavy atom. The summed E-state index contributed by atoms with van der Waals surface area (Å²) in [4.78, 5) is 11.8. The molecule has 1 N–H and O–H groups in total. The van der Waals surface area contributed by atoms with E-state index in [9.17, 15) is 9.18 Å². The highest BCUT2D eigenvalue weighted by atomic mass is 19.1. The van der Waals surface area contributed by atoms with Gasteiger partial charge in [-0.15, -0.1) is 0 Å². The first-order chi connectivity index (χ1) is 9.54. The van der Waals surface area contributed by atoms with Crippen molar-refractivity contribution in [1.82, 2.24) is 0 Å². The average Bonchev–Trinajstić information content (AvgIpc) is 2.41. The maximum atomic E-state index is 13.1. The number of carbonyl (C=O) groups is 1. The molecule has 0 saturated carbocycles. The molecule has 0 aliphatic carbocycles. The molecule has 2 aromatic carbocycles. The lowest BCUT2D eigenvalue weighted by Crippen LogP contribution is -2.20. The molecule has 0 fully saturated rings. The molecule has 3 nitrogen and oxygen atoms in total. The van der Waals surface area contributed by atoms with E-state index in [-0.39, 0.29) is 18.3 Å². The number of carbonyl (C=O) groups excluding carboxylic acids is 1. The average molecular weight is 273 g/mol. The monoisotopic (exact) mass is 273 g/mol. The summed E-state index contributed by atoms with van der Waals surface area (Å²) in [5, 5.41) is 2.63. The molecular formula is C16H16FNO2. The van der Waals surface area contributed by atoms with Crippen LogP contribution < -0.4 is 10.1 Å². The Morgan fingerprint density at radius 1 is 1.20 bits per heavy atom. The van der Waals surface area contributed by atoms with Gasteiger partial charge < -0.3 is 10.1 Å². The maximum absolute atomic E-state index is 13.1. The van der Waals surface area contributed by atoms with Crippen LogP contribution in [0.25, 0.3) is 0 Å². The van der Waals surface area contributed by atoms with E-state index in [1.54, 1.807) is 19.1 Å². The first kappa shape index (κ1) is 14.1. The molecular weight excluding hydrogens is 257 g/mol. The van der Waals surface area contributed by atoms with Crippen molar-refractivity contribution in [3.05, 3.63) is 59.4 Å². The molecule has 0 saturated heterocycles. The number of rotatable bonds is 4. The van der Waals surface area contributed by atoms with Crippen molar-refractivity contribution in [2.24, 2.45) is 0 Å². The summed E-state index contributed by atoms with van der Waals surface area (Å²) in [6.45, 7) is 3.64. The zero-order valence-corrected chi connectivity index (χ0v) is 11.4.